The molecule has 0 aliphatic carbocycles. The molecule has 1 saturated heterocycles. The summed E-state index contributed by atoms with van der Waals surface area (Å²) in [6, 6.07) is 1.88. The minimum absolute atomic E-state index is 0.238. The highest BCUT2D eigenvalue weighted by atomic mass is 16.6. The molecule has 0 bridgehead atoms. The average molecular weight is 307 g/mol. The Morgan fingerprint density at radius 2 is 2.09 bits per heavy atom. The van der Waals surface area contributed by atoms with Crippen LogP contribution in [0.5, 0.6) is 0 Å². The number of carbonyl (C=O) groups is 1. The highest BCUT2D eigenvalue weighted by Crippen LogP contribution is 2.14. The largest absolute Gasteiger partial charge is 0.450 e. The van der Waals surface area contributed by atoms with Gasteiger partial charge in [-0.2, -0.15) is 4.98 Å². The van der Waals surface area contributed by atoms with Crippen LogP contribution in [-0.4, -0.2) is 60.3 Å². The number of aromatic nitrogens is 2. The Bertz CT molecular complexity index is 475. The normalized spacial score (nSPS) is 14.8. The van der Waals surface area contributed by atoms with Crippen molar-refractivity contribution in [1.82, 2.24) is 14.9 Å². The lowest BCUT2D eigenvalue weighted by molar-refractivity contribution is 0.105. The number of piperazine rings is 1. The summed E-state index contributed by atoms with van der Waals surface area (Å²) < 4.78 is 5.02. The molecule has 0 spiro atoms. The summed E-state index contributed by atoms with van der Waals surface area (Å²) in [5.41, 5.74) is 0. The number of anilines is 2. The van der Waals surface area contributed by atoms with Crippen LogP contribution in [0.4, 0.5) is 16.6 Å². The highest BCUT2D eigenvalue weighted by Gasteiger charge is 2.23. The molecule has 1 aliphatic heterocycles. The summed E-state index contributed by atoms with van der Waals surface area (Å²) in [7, 11) is 0. The van der Waals surface area contributed by atoms with E-state index >= 15 is 0 Å². The monoisotopic (exact) mass is 307 g/mol. The van der Waals surface area contributed by atoms with E-state index in [2.05, 4.69) is 27.1 Å². The predicted octanol–water partition coefficient (Wildman–Crippen LogP) is 1.97. The van der Waals surface area contributed by atoms with Gasteiger partial charge in [0.1, 0.15) is 5.82 Å². The third kappa shape index (κ3) is 4.47. The van der Waals surface area contributed by atoms with Crippen LogP contribution in [0.25, 0.3) is 0 Å². The molecule has 0 radical (unpaired) electrons. The Balaban J connectivity index is 1.88. The van der Waals surface area contributed by atoms with Crippen LogP contribution >= 0.6 is 0 Å². The summed E-state index contributed by atoms with van der Waals surface area (Å²) in [6.07, 6.45) is 3.81. The van der Waals surface area contributed by atoms with Crippen LogP contribution in [0.2, 0.25) is 0 Å². The molecule has 1 amide bonds. The molecule has 1 aliphatic rings. The number of unbranched alkanes of at least 4 members (excludes halogenated alkanes) is 1. The maximum Gasteiger partial charge on any atom is 0.409 e. The number of hydrogen-bond donors (Lipinski definition) is 1. The van der Waals surface area contributed by atoms with Crippen LogP contribution in [0.1, 0.15) is 26.7 Å². The molecule has 1 N–H and O–H groups in total. The van der Waals surface area contributed by atoms with Gasteiger partial charge in [0.2, 0.25) is 5.95 Å². The first kappa shape index (κ1) is 16.3. The molecule has 0 atom stereocenters. The molecule has 2 rings (SSSR count). The minimum atomic E-state index is -0.238. The zero-order chi connectivity index (χ0) is 15.8. The number of hydrogen-bond acceptors (Lipinski definition) is 6. The molecule has 7 nitrogen and oxygen atoms in total. The van der Waals surface area contributed by atoms with Crippen molar-refractivity contribution in [3.05, 3.63) is 12.3 Å². The van der Waals surface area contributed by atoms with E-state index in [-0.39, 0.29) is 6.09 Å². The summed E-state index contributed by atoms with van der Waals surface area (Å²) in [5, 5.41) is 3.31. The van der Waals surface area contributed by atoms with Gasteiger partial charge >= 0.3 is 6.09 Å². The molecule has 22 heavy (non-hydrogen) atoms. The smallest absolute Gasteiger partial charge is 0.409 e. The van der Waals surface area contributed by atoms with E-state index in [0.29, 0.717) is 25.6 Å². The Morgan fingerprint density at radius 3 is 2.77 bits per heavy atom. The second-order valence-electron chi connectivity index (χ2n) is 5.20. The van der Waals surface area contributed by atoms with E-state index in [1.807, 2.05) is 13.0 Å². The van der Waals surface area contributed by atoms with Crippen molar-refractivity contribution in [3.63, 3.8) is 0 Å². The lowest BCUT2D eigenvalue weighted by atomic mass is 10.3. The standard InChI is InChI=1S/C15H25N5O2/c1-3-5-7-16-13-6-8-17-14(18-13)19-9-11-20(12-10-19)15(21)22-4-2/h6,8H,3-5,7,9-12H2,1-2H3,(H,16,17,18). The van der Waals surface area contributed by atoms with Gasteiger partial charge in [0.25, 0.3) is 0 Å². The van der Waals surface area contributed by atoms with E-state index in [4.69, 9.17) is 4.74 Å². The van der Waals surface area contributed by atoms with Crippen molar-refractivity contribution < 1.29 is 9.53 Å². The third-order valence-corrected chi connectivity index (χ3v) is 3.57. The van der Waals surface area contributed by atoms with Crippen LogP contribution in [-0.2, 0) is 4.74 Å². The lowest BCUT2D eigenvalue weighted by Gasteiger charge is -2.34. The van der Waals surface area contributed by atoms with Gasteiger partial charge in [-0.25, -0.2) is 9.78 Å². The Morgan fingerprint density at radius 1 is 1.32 bits per heavy atom. The molecule has 0 aromatic carbocycles. The Kier molecular flexibility index (Phi) is 6.24. The van der Waals surface area contributed by atoms with Crippen molar-refractivity contribution in [2.24, 2.45) is 0 Å². The Hall–Kier alpha value is -2.05. The second-order valence-corrected chi connectivity index (χ2v) is 5.20. The van der Waals surface area contributed by atoms with Gasteiger partial charge in [-0.1, -0.05) is 13.3 Å². The number of carbonyl (C=O) groups excluding carboxylic acids is 1. The predicted molar refractivity (Wildman–Crippen MR) is 86.2 cm³/mol. The van der Waals surface area contributed by atoms with E-state index in [1.54, 1.807) is 11.1 Å². The average Bonchev–Trinajstić information content (AvgIpc) is 2.56. The van der Waals surface area contributed by atoms with Gasteiger partial charge in [-0.3, -0.25) is 0 Å². The van der Waals surface area contributed by atoms with Crippen molar-refractivity contribution in [2.45, 2.75) is 26.7 Å². The summed E-state index contributed by atoms with van der Waals surface area (Å²) >= 11 is 0. The van der Waals surface area contributed by atoms with Crippen LogP contribution < -0.4 is 10.2 Å². The zero-order valence-corrected chi connectivity index (χ0v) is 13.4. The first-order valence-corrected chi connectivity index (χ1v) is 7.98. The van der Waals surface area contributed by atoms with Gasteiger partial charge < -0.3 is 19.9 Å². The van der Waals surface area contributed by atoms with Crippen LogP contribution in [0.3, 0.4) is 0 Å². The Labute approximate surface area is 131 Å². The van der Waals surface area contributed by atoms with Crippen LogP contribution in [0.15, 0.2) is 12.3 Å². The SMILES string of the molecule is CCCCNc1ccnc(N2CCN(C(=O)OCC)CC2)n1. The number of nitrogens with zero attached hydrogens (tertiary/aromatic N) is 4. The maximum atomic E-state index is 11.7. The molecular formula is C15H25N5O2. The van der Waals surface area contributed by atoms with Gasteiger partial charge in [-0.05, 0) is 19.4 Å². The topological polar surface area (TPSA) is 70.6 Å². The molecule has 0 unspecified atom stereocenters. The van der Waals surface area contributed by atoms with E-state index in [1.165, 1.54) is 0 Å². The van der Waals surface area contributed by atoms with Crippen molar-refractivity contribution in [1.29, 1.82) is 0 Å². The quantitative estimate of drug-likeness (QED) is 0.810. The zero-order valence-electron chi connectivity index (χ0n) is 13.4. The lowest BCUT2D eigenvalue weighted by Crippen LogP contribution is -2.49. The maximum absolute atomic E-state index is 11.7. The molecule has 1 fully saturated rings. The number of rotatable bonds is 6. The second kappa shape index (κ2) is 8.41. The van der Waals surface area contributed by atoms with Gasteiger partial charge in [0.05, 0.1) is 6.61 Å². The summed E-state index contributed by atoms with van der Waals surface area (Å²) in [5.74, 6) is 1.57. The first-order valence-electron chi connectivity index (χ1n) is 7.98. The van der Waals surface area contributed by atoms with Crippen molar-refractivity contribution in [3.8, 4) is 0 Å². The van der Waals surface area contributed by atoms with E-state index in [9.17, 15) is 4.79 Å². The molecule has 7 heteroatoms. The highest BCUT2D eigenvalue weighted by molar-refractivity contribution is 5.68. The molecule has 1 aromatic rings. The van der Waals surface area contributed by atoms with E-state index < -0.39 is 0 Å². The fourth-order valence-electron chi connectivity index (χ4n) is 2.30. The number of nitrogens with one attached hydrogen (secondary N) is 1. The van der Waals surface area contributed by atoms with Crippen molar-refractivity contribution in [2.75, 3.05) is 49.5 Å². The molecule has 122 valence electrons. The fraction of sp³-hybridized carbons (Fsp3) is 0.667. The molecular weight excluding hydrogens is 282 g/mol. The minimum Gasteiger partial charge on any atom is -0.450 e. The summed E-state index contributed by atoms with van der Waals surface area (Å²) in [6.45, 7) is 8.02. The van der Waals surface area contributed by atoms with Gasteiger partial charge in [0.15, 0.2) is 0 Å². The fourth-order valence-corrected chi connectivity index (χ4v) is 2.30. The van der Waals surface area contributed by atoms with Crippen molar-refractivity contribution >= 4 is 17.9 Å². The molecule has 0 saturated carbocycles. The number of ether oxygens (including phenoxy) is 1. The molecule has 1 aromatic heterocycles. The third-order valence-electron chi connectivity index (χ3n) is 3.57. The molecule has 2 heterocycles. The van der Waals surface area contributed by atoms with Crippen LogP contribution in [0, 0.1) is 0 Å². The van der Waals surface area contributed by atoms with Gasteiger partial charge in [-0.15, -0.1) is 0 Å². The van der Waals surface area contributed by atoms with E-state index in [0.717, 1.165) is 38.3 Å². The summed E-state index contributed by atoms with van der Waals surface area (Å²) in [4.78, 5) is 24.4. The first-order chi connectivity index (χ1) is 10.7. The van der Waals surface area contributed by atoms with Gasteiger partial charge in [0, 0.05) is 38.9 Å². The number of amides is 1.